The maximum absolute atomic E-state index is 12.1. The summed E-state index contributed by atoms with van der Waals surface area (Å²) < 4.78 is 10.4. The first-order valence-corrected chi connectivity index (χ1v) is 10.7. The van der Waals surface area contributed by atoms with Gasteiger partial charge in [0.05, 0.1) is 19.8 Å². The summed E-state index contributed by atoms with van der Waals surface area (Å²) in [5, 5.41) is 9.10. The van der Waals surface area contributed by atoms with Crippen molar-refractivity contribution in [2.45, 2.75) is 26.3 Å². The molecule has 0 aliphatic carbocycles. The van der Waals surface area contributed by atoms with E-state index in [0.717, 1.165) is 16.8 Å². The third kappa shape index (κ3) is 5.18. The molecular weight excluding hydrogens is 450 g/mol. The van der Waals surface area contributed by atoms with Gasteiger partial charge in [0.2, 0.25) is 11.8 Å². The molecule has 0 fully saturated rings. The zero-order chi connectivity index (χ0) is 25.2. The molecular formula is C24H25N7O4. The van der Waals surface area contributed by atoms with Gasteiger partial charge in [-0.1, -0.05) is 12.1 Å². The molecule has 0 spiro atoms. The molecule has 0 aliphatic heterocycles. The van der Waals surface area contributed by atoms with Crippen molar-refractivity contribution in [2.75, 3.05) is 30.2 Å². The maximum Gasteiger partial charge on any atom is 0.319 e. The van der Waals surface area contributed by atoms with Crippen LogP contribution in [0.2, 0.25) is 0 Å². The Bertz CT molecular complexity index is 1420. The zero-order valence-corrected chi connectivity index (χ0v) is 20.0. The molecule has 2 heterocycles. The van der Waals surface area contributed by atoms with Crippen molar-refractivity contribution in [1.29, 1.82) is 0 Å². The van der Waals surface area contributed by atoms with Gasteiger partial charge >= 0.3 is 6.01 Å². The molecule has 11 heteroatoms. The lowest BCUT2D eigenvalue weighted by Gasteiger charge is -2.24. The SMILES string of the molecule is COc1ncc(-c2ccc(Nc3nccc(Nc4c(NC(C)(C)C)c(=O)c4=O)n3)cc2)c(OC)n1. The number of anilines is 5. The largest absolute Gasteiger partial charge is 0.480 e. The highest BCUT2D eigenvalue weighted by Crippen LogP contribution is 2.30. The van der Waals surface area contributed by atoms with Gasteiger partial charge in [-0.15, -0.1) is 0 Å². The van der Waals surface area contributed by atoms with E-state index in [-0.39, 0.29) is 22.9 Å². The fraction of sp³-hybridized carbons (Fsp3) is 0.250. The first-order chi connectivity index (χ1) is 16.7. The third-order valence-electron chi connectivity index (χ3n) is 4.88. The zero-order valence-electron chi connectivity index (χ0n) is 20.0. The molecule has 2 aromatic carbocycles. The molecule has 35 heavy (non-hydrogen) atoms. The van der Waals surface area contributed by atoms with Crippen LogP contribution in [0.5, 0.6) is 11.9 Å². The van der Waals surface area contributed by atoms with E-state index in [1.807, 2.05) is 45.0 Å². The predicted octanol–water partition coefficient (Wildman–Crippen LogP) is 3.24. The van der Waals surface area contributed by atoms with Crippen LogP contribution in [0.1, 0.15) is 20.8 Å². The highest BCUT2D eigenvalue weighted by Gasteiger charge is 2.25. The van der Waals surface area contributed by atoms with Crippen molar-refractivity contribution in [1.82, 2.24) is 19.9 Å². The smallest absolute Gasteiger partial charge is 0.319 e. The van der Waals surface area contributed by atoms with Gasteiger partial charge in [-0.2, -0.15) is 9.97 Å². The van der Waals surface area contributed by atoms with Crippen LogP contribution in [-0.2, 0) is 0 Å². The van der Waals surface area contributed by atoms with Gasteiger partial charge in [0.15, 0.2) is 0 Å². The molecule has 4 rings (SSSR count). The normalized spacial score (nSPS) is 11.2. The van der Waals surface area contributed by atoms with Crippen LogP contribution in [0.25, 0.3) is 11.1 Å². The Balaban J connectivity index is 1.50. The van der Waals surface area contributed by atoms with E-state index in [0.29, 0.717) is 17.6 Å². The van der Waals surface area contributed by atoms with E-state index in [2.05, 4.69) is 35.9 Å². The van der Waals surface area contributed by atoms with Crippen molar-refractivity contribution in [3.63, 3.8) is 0 Å². The molecule has 0 unspecified atom stereocenters. The number of hydrogen-bond donors (Lipinski definition) is 3. The van der Waals surface area contributed by atoms with Gasteiger partial charge in [-0.25, -0.2) is 9.97 Å². The van der Waals surface area contributed by atoms with Crippen LogP contribution in [-0.4, -0.2) is 39.7 Å². The fourth-order valence-electron chi connectivity index (χ4n) is 3.29. The Kier molecular flexibility index (Phi) is 6.32. The van der Waals surface area contributed by atoms with E-state index in [4.69, 9.17) is 9.47 Å². The molecule has 11 nitrogen and oxygen atoms in total. The fourth-order valence-corrected chi connectivity index (χ4v) is 3.29. The molecule has 0 radical (unpaired) electrons. The average Bonchev–Trinajstić information content (AvgIpc) is 2.85. The van der Waals surface area contributed by atoms with Crippen molar-refractivity contribution in [2.24, 2.45) is 0 Å². The van der Waals surface area contributed by atoms with Gasteiger partial charge in [-0.3, -0.25) is 9.59 Å². The van der Waals surface area contributed by atoms with E-state index in [9.17, 15) is 9.59 Å². The molecule has 180 valence electrons. The van der Waals surface area contributed by atoms with Crippen LogP contribution in [0.3, 0.4) is 0 Å². The van der Waals surface area contributed by atoms with Crippen LogP contribution in [0, 0.1) is 0 Å². The Hall–Kier alpha value is -4.54. The molecule has 2 aromatic heterocycles. The number of aromatic nitrogens is 4. The van der Waals surface area contributed by atoms with E-state index >= 15 is 0 Å². The lowest BCUT2D eigenvalue weighted by molar-refractivity contribution is 0.353. The average molecular weight is 476 g/mol. The second kappa shape index (κ2) is 9.37. The quantitative estimate of drug-likeness (QED) is 0.323. The van der Waals surface area contributed by atoms with E-state index < -0.39 is 10.9 Å². The summed E-state index contributed by atoms with van der Waals surface area (Å²) >= 11 is 0. The molecule has 0 aliphatic rings. The van der Waals surface area contributed by atoms with Crippen LogP contribution in [0.15, 0.2) is 52.3 Å². The number of hydrogen-bond acceptors (Lipinski definition) is 11. The van der Waals surface area contributed by atoms with Gasteiger partial charge < -0.3 is 25.4 Å². The summed E-state index contributed by atoms with van der Waals surface area (Å²) in [6.45, 7) is 5.72. The minimum atomic E-state index is -0.585. The number of nitrogens with zero attached hydrogens (tertiary/aromatic N) is 4. The Morgan fingerprint density at radius 2 is 1.54 bits per heavy atom. The number of nitrogens with one attached hydrogen (secondary N) is 3. The summed E-state index contributed by atoms with van der Waals surface area (Å²) in [5.41, 5.74) is 1.25. The van der Waals surface area contributed by atoms with Crippen molar-refractivity contribution >= 4 is 28.8 Å². The lowest BCUT2D eigenvalue weighted by atomic mass is 10.1. The van der Waals surface area contributed by atoms with Gasteiger partial charge in [0.25, 0.3) is 10.9 Å². The second-order valence-electron chi connectivity index (χ2n) is 8.66. The standard InChI is InChI=1S/C24H25N7O4/c1-24(2,3)31-18-17(19(32)20(18)33)28-16-10-11-25-22(29-16)27-14-8-6-13(7-9-14)15-12-26-23(35-5)30-21(15)34-4/h6-12,31H,1-5H3,(H2,25,27,28,29). The molecule has 0 saturated carbocycles. The number of ether oxygens (including phenoxy) is 2. The first-order valence-electron chi connectivity index (χ1n) is 10.7. The highest BCUT2D eigenvalue weighted by atomic mass is 16.5. The molecule has 3 N–H and O–H groups in total. The summed E-state index contributed by atoms with van der Waals surface area (Å²) in [4.78, 5) is 41.0. The highest BCUT2D eigenvalue weighted by molar-refractivity contribution is 5.78. The molecule has 0 saturated heterocycles. The van der Waals surface area contributed by atoms with Crippen LogP contribution >= 0.6 is 0 Å². The monoisotopic (exact) mass is 475 g/mol. The molecule has 4 aromatic rings. The van der Waals surface area contributed by atoms with Crippen LogP contribution < -0.4 is 36.3 Å². The number of benzene rings is 1. The summed E-state index contributed by atoms with van der Waals surface area (Å²) in [6.07, 6.45) is 3.18. The summed E-state index contributed by atoms with van der Waals surface area (Å²) in [6, 6.07) is 9.30. The second-order valence-corrected chi connectivity index (χ2v) is 8.66. The van der Waals surface area contributed by atoms with Gasteiger partial charge in [0.1, 0.15) is 17.2 Å². The topological polar surface area (TPSA) is 140 Å². The summed E-state index contributed by atoms with van der Waals surface area (Å²) in [7, 11) is 3.02. The Morgan fingerprint density at radius 3 is 2.20 bits per heavy atom. The van der Waals surface area contributed by atoms with Crippen LogP contribution in [0.4, 0.5) is 28.8 Å². The van der Waals surface area contributed by atoms with Crippen molar-refractivity contribution < 1.29 is 9.47 Å². The molecule has 0 amide bonds. The number of methoxy groups -OCH3 is 2. The minimum Gasteiger partial charge on any atom is -0.480 e. The maximum atomic E-state index is 12.1. The molecule has 0 atom stereocenters. The van der Waals surface area contributed by atoms with E-state index in [1.54, 1.807) is 18.5 Å². The first kappa shape index (κ1) is 23.6. The minimum absolute atomic E-state index is 0.189. The molecule has 0 bridgehead atoms. The van der Waals surface area contributed by atoms with E-state index in [1.165, 1.54) is 14.2 Å². The Labute approximate surface area is 201 Å². The Morgan fingerprint density at radius 1 is 0.829 bits per heavy atom. The van der Waals surface area contributed by atoms with Crippen molar-refractivity contribution in [3.8, 4) is 23.0 Å². The summed E-state index contributed by atoms with van der Waals surface area (Å²) in [5.74, 6) is 1.10. The lowest BCUT2D eigenvalue weighted by Crippen LogP contribution is -2.41. The third-order valence-corrected chi connectivity index (χ3v) is 4.88. The predicted molar refractivity (Wildman–Crippen MR) is 134 cm³/mol. The van der Waals surface area contributed by atoms with Crippen molar-refractivity contribution in [3.05, 3.63) is 63.2 Å². The van der Waals surface area contributed by atoms with Gasteiger partial charge in [-0.05, 0) is 44.5 Å². The number of rotatable bonds is 8. The van der Waals surface area contributed by atoms with Gasteiger partial charge in [0, 0.05) is 23.6 Å².